The molecule has 26 heavy (non-hydrogen) atoms. The highest BCUT2D eigenvalue weighted by molar-refractivity contribution is 7.92. The van der Waals surface area contributed by atoms with E-state index in [2.05, 4.69) is 4.72 Å². The topological polar surface area (TPSA) is 105 Å². The van der Waals surface area contributed by atoms with E-state index in [9.17, 15) is 18.3 Å². The van der Waals surface area contributed by atoms with Gasteiger partial charge in [-0.2, -0.15) is 0 Å². The Kier molecular flexibility index (Phi) is 5.68. The minimum Gasteiger partial charge on any atom is -0.545 e. The number of hydrogen-bond acceptors (Lipinski definition) is 6. The second-order valence-corrected chi connectivity index (χ2v) is 7.55. The normalized spacial score (nSPS) is 11.1. The first-order chi connectivity index (χ1) is 12.1. The molecule has 0 aliphatic carbocycles. The highest BCUT2D eigenvalue weighted by Crippen LogP contribution is 2.37. The quantitative estimate of drug-likeness (QED) is 0.799. The average Bonchev–Trinajstić information content (AvgIpc) is 2.57. The molecule has 1 N–H and O–H groups in total. The Morgan fingerprint density at radius 1 is 1.08 bits per heavy atom. The van der Waals surface area contributed by atoms with Crippen molar-refractivity contribution in [2.75, 3.05) is 18.9 Å². The summed E-state index contributed by atoms with van der Waals surface area (Å²) in [5.41, 5.74) is 0.800. The van der Waals surface area contributed by atoms with Crippen molar-refractivity contribution >= 4 is 33.3 Å². The Hall–Kier alpha value is -2.45. The monoisotopic (exact) mass is 398 g/mol. The van der Waals surface area contributed by atoms with Gasteiger partial charge in [0.05, 0.1) is 35.8 Å². The molecule has 0 saturated heterocycles. The summed E-state index contributed by atoms with van der Waals surface area (Å²) in [5, 5.41) is 11.4. The number of carbonyl (C=O) groups excluding carboxylic acids is 1. The van der Waals surface area contributed by atoms with Gasteiger partial charge in [-0.25, -0.2) is 8.42 Å². The van der Waals surface area contributed by atoms with Gasteiger partial charge in [-0.05, 0) is 42.7 Å². The van der Waals surface area contributed by atoms with Crippen molar-refractivity contribution in [2.24, 2.45) is 0 Å². The lowest BCUT2D eigenvalue weighted by atomic mass is 10.1. The van der Waals surface area contributed by atoms with Gasteiger partial charge in [-0.15, -0.1) is 0 Å². The highest BCUT2D eigenvalue weighted by Gasteiger charge is 2.22. The minimum atomic E-state index is -4.11. The molecule has 2 aromatic carbocycles. The summed E-state index contributed by atoms with van der Waals surface area (Å²) in [6.07, 6.45) is 0. The predicted octanol–water partition coefficient (Wildman–Crippen LogP) is 2.14. The summed E-state index contributed by atoms with van der Waals surface area (Å²) in [5.74, 6) is -1.03. The molecule has 0 atom stereocenters. The summed E-state index contributed by atoms with van der Waals surface area (Å²) in [4.78, 5) is 11.0. The van der Waals surface area contributed by atoms with Crippen LogP contribution in [0.5, 0.6) is 11.5 Å². The van der Waals surface area contributed by atoms with Crippen LogP contribution in [0.25, 0.3) is 0 Å². The molecule has 9 heteroatoms. The Bertz CT molecular complexity index is 972. The fourth-order valence-corrected chi connectivity index (χ4v) is 4.00. The van der Waals surface area contributed by atoms with E-state index in [0.717, 1.165) is 6.07 Å². The number of sulfonamides is 1. The van der Waals surface area contributed by atoms with Gasteiger partial charge < -0.3 is 19.4 Å². The Balaban J connectivity index is 2.59. The molecule has 0 radical (unpaired) electrons. The summed E-state index contributed by atoms with van der Waals surface area (Å²) in [6, 6.07) is 5.20. The number of carboxylic acid groups (broad SMARTS) is 1. The lowest BCUT2D eigenvalue weighted by molar-refractivity contribution is -0.255. The van der Waals surface area contributed by atoms with Crippen LogP contribution in [0.3, 0.4) is 0 Å². The lowest BCUT2D eigenvalue weighted by Crippen LogP contribution is -2.24. The van der Waals surface area contributed by atoms with E-state index in [1.165, 1.54) is 32.4 Å². The molecule has 0 aliphatic rings. The summed E-state index contributed by atoms with van der Waals surface area (Å²) >= 11 is 6.02. The molecule has 0 aliphatic heterocycles. The zero-order chi connectivity index (χ0) is 19.6. The zero-order valence-corrected chi connectivity index (χ0v) is 16.1. The van der Waals surface area contributed by atoms with E-state index in [0.29, 0.717) is 11.1 Å². The molecule has 0 spiro atoms. The maximum Gasteiger partial charge on any atom is 0.262 e. The molecule has 0 amide bonds. The van der Waals surface area contributed by atoms with E-state index in [-0.39, 0.29) is 32.7 Å². The van der Waals surface area contributed by atoms with Crippen LogP contribution in [-0.2, 0) is 10.0 Å². The number of carbonyl (C=O) groups is 1. The van der Waals surface area contributed by atoms with Crippen LogP contribution in [0, 0.1) is 13.8 Å². The van der Waals surface area contributed by atoms with E-state index in [1.54, 1.807) is 13.8 Å². The van der Waals surface area contributed by atoms with Crippen LogP contribution in [-0.4, -0.2) is 28.6 Å². The molecule has 0 bridgehead atoms. The predicted molar refractivity (Wildman–Crippen MR) is 95.6 cm³/mol. The molecule has 7 nitrogen and oxygen atoms in total. The van der Waals surface area contributed by atoms with Crippen LogP contribution in [0.4, 0.5) is 5.69 Å². The van der Waals surface area contributed by atoms with Crippen LogP contribution in [0.15, 0.2) is 29.2 Å². The highest BCUT2D eigenvalue weighted by atomic mass is 35.5. The van der Waals surface area contributed by atoms with E-state index < -0.39 is 16.0 Å². The third-order valence-electron chi connectivity index (χ3n) is 3.86. The van der Waals surface area contributed by atoms with Gasteiger partial charge in [0.1, 0.15) is 11.5 Å². The third kappa shape index (κ3) is 3.86. The van der Waals surface area contributed by atoms with Gasteiger partial charge in [-0.3, -0.25) is 4.72 Å². The number of methoxy groups -OCH3 is 2. The maximum absolute atomic E-state index is 12.8. The summed E-state index contributed by atoms with van der Waals surface area (Å²) < 4.78 is 38.3. The fraction of sp³-hybridized carbons (Fsp3) is 0.235. The maximum atomic E-state index is 12.8. The second kappa shape index (κ2) is 7.43. The largest absolute Gasteiger partial charge is 0.545 e. The van der Waals surface area contributed by atoms with Crippen LogP contribution < -0.4 is 19.3 Å². The van der Waals surface area contributed by atoms with Gasteiger partial charge in [0.25, 0.3) is 10.0 Å². The average molecular weight is 399 g/mol. The number of hydrogen-bond donors (Lipinski definition) is 1. The SMILES string of the molecule is COc1cc(NS(=O)(=O)c2cc(C(=O)[O-])cc(C)c2C)c(OC)cc1Cl. The number of ether oxygens (including phenoxy) is 2. The second-order valence-electron chi connectivity index (χ2n) is 5.50. The van der Waals surface area contributed by atoms with Crippen LogP contribution in [0.2, 0.25) is 5.02 Å². The first-order valence-corrected chi connectivity index (χ1v) is 9.23. The summed E-state index contributed by atoms with van der Waals surface area (Å²) in [6.45, 7) is 3.20. The molecule has 0 heterocycles. The van der Waals surface area contributed by atoms with Gasteiger partial charge >= 0.3 is 0 Å². The van der Waals surface area contributed by atoms with Gasteiger partial charge in [0.15, 0.2) is 0 Å². The molecular weight excluding hydrogens is 382 g/mol. The number of anilines is 1. The molecule has 0 unspecified atom stereocenters. The molecule has 2 rings (SSSR count). The van der Waals surface area contributed by atoms with E-state index in [4.69, 9.17) is 21.1 Å². The minimum absolute atomic E-state index is 0.102. The number of aromatic carboxylic acids is 1. The zero-order valence-electron chi connectivity index (χ0n) is 14.5. The van der Waals surface area contributed by atoms with Crippen molar-refractivity contribution in [3.05, 3.63) is 46.0 Å². The van der Waals surface area contributed by atoms with Gasteiger partial charge in [0.2, 0.25) is 0 Å². The van der Waals surface area contributed by atoms with Crippen molar-refractivity contribution in [3.8, 4) is 11.5 Å². The number of aryl methyl sites for hydroxylation is 1. The van der Waals surface area contributed by atoms with Crippen molar-refractivity contribution in [1.82, 2.24) is 0 Å². The number of benzene rings is 2. The first-order valence-electron chi connectivity index (χ1n) is 7.37. The van der Waals surface area contributed by atoms with E-state index in [1.807, 2.05) is 0 Å². The Morgan fingerprint density at radius 2 is 1.69 bits per heavy atom. The van der Waals surface area contributed by atoms with Crippen molar-refractivity contribution in [1.29, 1.82) is 0 Å². The molecule has 2 aromatic rings. The fourth-order valence-electron chi connectivity index (χ4n) is 2.36. The number of rotatable bonds is 6. The molecule has 0 aromatic heterocycles. The summed E-state index contributed by atoms with van der Waals surface area (Å²) in [7, 11) is -1.36. The molecule has 140 valence electrons. The lowest BCUT2D eigenvalue weighted by Gasteiger charge is -2.17. The third-order valence-corrected chi connectivity index (χ3v) is 5.65. The van der Waals surface area contributed by atoms with E-state index >= 15 is 0 Å². The van der Waals surface area contributed by atoms with Crippen molar-refractivity contribution in [2.45, 2.75) is 18.7 Å². The number of nitrogens with one attached hydrogen (secondary N) is 1. The Labute approximate surface area is 156 Å². The molecule has 0 saturated carbocycles. The smallest absolute Gasteiger partial charge is 0.262 e. The van der Waals surface area contributed by atoms with Crippen molar-refractivity contribution < 1.29 is 27.8 Å². The Morgan fingerprint density at radius 3 is 2.23 bits per heavy atom. The van der Waals surface area contributed by atoms with Crippen LogP contribution >= 0.6 is 11.6 Å². The van der Waals surface area contributed by atoms with Gasteiger partial charge in [0, 0.05) is 12.1 Å². The van der Waals surface area contributed by atoms with Gasteiger partial charge in [-0.1, -0.05) is 11.6 Å². The number of carboxylic acids is 1. The standard InChI is InChI=1S/C17H18ClNO6S/c1-9-5-11(17(20)21)6-16(10(9)2)26(22,23)19-13-8-14(24-3)12(18)7-15(13)25-4/h5-8,19H,1-4H3,(H,20,21)/p-1. The van der Waals surface area contributed by atoms with Crippen molar-refractivity contribution in [3.63, 3.8) is 0 Å². The first kappa shape index (κ1) is 19.9. The van der Waals surface area contributed by atoms with Crippen LogP contribution in [0.1, 0.15) is 21.5 Å². The number of halogens is 1. The molecule has 0 fully saturated rings. The molecular formula is C17H17ClNO6S-.